The third kappa shape index (κ3) is 1.92. The van der Waals surface area contributed by atoms with E-state index in [1.807, 2.05) is 5.01 Å². The summed E-state index contributed by atoms with van der Waals surface area (Å²) in [4.78, 5) is 1.61. The normalized spacial score (nSPS) is 21.3. The average molecular weight is 180 g/mol. The predicted molar refractivity (Wildman–Crippen MR) is 51.6 cm³/mol. The second-order valence-electron chi connectivity index (χ2n) is 3.56. The Morgan fingerprint density at radius 1 is 1.62 bits per heavy atom. The first-order valence-corrected chi connectivity index (χ1v) is 4.69. The van der Waals surface area contributed by atoms with Gasteiger partial charge in [-0.15, -0.1) is 0 Å². The van der Waals surface area contributed by atoms with E-state index < -0.39 is 0 Å². The minimum Gasteiger partial charge on any atom is -0.272 e. The first-order chi connectivity index (χ1) is 6.20. The van der Waals surface area contributed by atoms with Crippen LogP contribution in [0.2, 0.25) is 0 Å². The molecule has 0 aromatic rings. The van der Waals surface area contributed by atoms with Crippen LogP contribution in [0.5, 0.6) is 0 Å². The fourth-order valence-corrected chi connectivity index (χ4v) is 1.57. The molecule has 0 N–H and O–H groups in total. The summed E-state index contributed by atoms with van der Waals surface area (Å²) in [6.45, 7) is 7.23. The Hall–Kier alpha value is -1.24. The first-order valence-electron chi connectivity index (χ1n) is 4.69. The van der Waals surface area contributed by atoms with Crippen LogP contribution in [0.4, 0.5) is 0 Å². The van der Waals surface area contributed by atoms with Gasteiger partial charge >= 0.3 is 0 Å². The van der Waals surface area contributed by atoms with Crippen molar-refractivity contribution < 1.29 is 0 Å². The van der Waals surface area contributed by atoms with Gasteiger partial charge in [-0.25, -0.2) is 4.90 Å². The second kappa shape index (κ2) is 4.13. The van der Waals surface area contributed by atoms with E-state index >= 15 is 0 Å². The molecule has 4 nitrogen and oxygen atoms in total. The fraction of sp³-hybridized carbons (Fsp3) is 0.778. The highest BCUT2D eigenvalue weighted by molar-refractivity contribution is 5.59. The molecule has 0 amide bonds. The van der Waals surface area contributed by atoms with E-state index in [1.54, 1.807) is 11.2 Å². The number of rotatable bonds is 3. The molecule has 0 aromatic carbocycles. The minimum absolute atomic E-state index is 0.116. The molecule has 0 aromatic heterocycles. The van der Waals surface area contributed by atoms with Gasteiger partial charge in [0.15, 0.2) is 6.19 Å². The summed E-state index contributed by atoms with van der Waals surface area (Å²) in [5, 5.41) is 15.0. The fourth-order valence-electron chi connectivity index (χ4n) is 1.57. The van der Waals surface area contributed by atoms with Gasteiger partial charge in [-0.05, 0) is 12.3 Å². The molecular weight excluding hydrogens is 164 g/mol. The van der Waals surface area contributed by atoms with Crippen molar-refractivity contribution in [2.24, 2.45) is 11.0 Å². The van der Waals surface area contributed by atoms with Gasteiger partial charge in [0.25, 0.3) is 0 Å². The second-order valence-corrected chi connectivity index (χ2v) is 3.56. The van der Waals surface area contributed by atoms with Gasteiger partial charge in [-0.1, -0.05) is 20.8 Å². The summed E-state index contributed by atoms with van der Waals surface area (Å²) in [7, 11) is 0. The van der Waals surface area contributed by atoms with Crippen molar-refractivity contribution in [1.29, 1.82) is 5.26 Å². The van der Waals surface area contributed by atoms with Crippen LogP contribution in [0.1, 0.15) is 27.2 Å². The molecule has 0 bridgehead atoms. The third-order valence-electron chi connectivity index (χ3n) is 2.08. The van der Waals surface area contributed by atoms with Gasteiger partial charge in [0.1, 0.15) is 12.5 Å². The van der Waals surface area contributed by atoms with Crippen LogP contribution in [0, 0.1) is 17.4 Å². The number of hydrazone groups is 1. The minimum atomic E-state index is 0.116. The smallest absolute Gasteiger partial charge is 0.187 e. The van der Waals surface area contributed by atoms with Crippen LogP contribution >= 0.6 is 0 Å². The Morgan fingerprint density at radius 3 is 2.77 bits per heavy atom. The van der Waals surface area contributed by atoms with E-state index in [9.17, 15) is 0 Å². The molecule has 0 spiro atoms. The molecule has 0 aliphatic carbocycles. The van der Waals surface area contributed by atoms with E-state index in [4.69, 9.17) is 5.26 Å². The maximum atomic E-state index is 8.83. The number of hydrogen-bond donors (Lipinski definition) is 0. The highest BCUT2D eigenvalue weighted by Gasteiger charge is 2.29. The molecule has 1 rings (SSSR count). The number of hydrogen-bond acceptors (Lipinski definition) is 4. The molecule has 0 saturated heterocycles. The lowest BCUT2D eigenvalue weighted by Crippen LogP contribution is -2.41. The lowest BCUT2D eigenvalue weighted by atomic mass is 10.1. The van der Waals surface area contributed by atoms with E-state index in [0.29, 0.717) is 5.92 Å². The average Bonchev–Trinajstić information content (AvgIpc) is 2.48. The molecule has 1 aliphatic rings. The SMILES string of the molecule is CCCN1N=CN(C#N)C1C(C)C. The zero-order chi connectivity index (χ0) is 9.84. The van der Waals surface area contributed by atoms with Gasteiger partial charge in [0.2, 0.25) is 0 Å². The summed E-state index contributed by atoms with van der Waals surface area (Å²) in [5.74, 6) is 0.411. The quantitative estimate of drug-likeness (QED) is 0.617. The lowest BCUT2D eigenvalue weighted by molar-refractivity contribution is 0.117. The van der Waals surface area contributed by atoms with E-state index in [-0.39, 0.29) is 6.17 Å². The van der Waals surface area contributed by atoms with Crippen molar-refractivity contribution in [3.63, 3.8) is 0 Å². The summed E-state index contributed by atoms with van der Waals surface area (Å²) >= 11 is 0. The highest BCUT2D eigenvalue weighted by Crippen LogP contribution is 2.19. The molecule has 13 heavy (non-hydrogen) atoms. The van der Waals surface area contributed by atoms with Crippen molar-refractivity contribution >= 4 is 6.34 Å². The van der Waals surface area contributed by atoms with Gasteiger partial charge in [-0.2, -0.15) is 10.4 Å². The Kier molecular flexibility index (Phi) is 3.13. The zero-order valence-corrected chi connectivity index (χ0v) is 8.44. The zero-order valence-electron chi connectivity index (χ0n) is 8.44. The van der Waals surface area contributed by atoms with Gasteiger partial charge in [-0.3, -0.25) is 5.01 Å². The first kappa shape index (κ1) is 9.85. The van der Waals surface area contributed by atoms with Gasteiger partial charge < -0.3 is 0 Å². The molecule has 0 radical (unpaired) electrons. The molecule has 1 unspecified atom stereocenters. The van der Waals surface area contributed by atoms with Crippen molar-refractivity contribution in [1.82, 2.24) is 9.91 Å². The van der Waals surface area contributed by atoms with Crippen LogP contribution < -0.4 is 0 Å². The topological polar surface area (TPSA) is 42.6 Å². The van der Waals surface area contributed by atoms with Crippen LogP contribution in [0.15, 0.2) is 5.10 Å². The Balaban J connectivity index is 2.68. The van der Waals surface area contributed by atoms with Crippen molar-refractivity contribution in [2.45, 2.75) is 33.4 Å². The summed E-state index contributed by atoms with van der Waals surface area (Å²) in [6.07, 6.45) is 4.91. The predicted octanol–water partition coefficient (Wildman–Crippen LogP) is 1.42. The highest BCUT2D eigenvalue weighted by atomic mass is 15.6. The molecule has 72 valence electrons. The maximum absolute atomic E-state index is 8.83. The molecule has 1 aliphatic heterocycles. The maximum Gasteiger partial charge on any atom is 0.187 e. The summed E-state index contributed by atoms with van der Waals surface area (Å²) in [6, 6.07) is 0. The number of nitriles is 1. The lowest BCUT2D eigenvalue weighted by Gasteiger charge is -2.28. The van der Waals surface area contributed by atoms with Crippen LogP contribution in [0.25, 0.3) is 0 Å². The molecule has 1 atom stereocenters. The Bertz CT molecular complexity index is 228. The molecule has 1 heterocycles. The van der Waals surface area contributed by atoms with Crippen molar-refractivity contribution in [2.75, 3.05) is 6.54 Å². The van der Waals surface area contributed by atoms with E-state index in [0.717, 1.165) is 13.0 Å². The molecular formula is C9H16N4. The van der Waals surface area contributed by atoms with Crippen LogP contribution in [0.3, 0.4) is 0 Å². The van der Waals surface area contributed by atoms with E-state index in [2.05, 4.69) is 32.1 Å². The van der Waals surface area contributed by atoms with Crippen molar-refractivity contribution in [3.05, 3.63) is 0 Å². The molecule has 0 saturated carbocycles. The Morgan fingerprint density at radius 2 is 2.31 bits per heavy atom. The summed E-state index contributed by atoms with van der Waals surface area (Å²) in [5.41, 5.74) is 0. The van der Waals surface area contributed by atoms with Gasteiger partial charge in [0.05, 0.1) is 0 Å². The third-order valence-corrected chi connectivity index (χ3v) is 2.08. The van der Waals surface area contributed by atoms with Gasteiger partial charge in [0, 0.05) is 6.54 Å². The molecule has 4 heteroatoms. The molecule has 0 fully saturated rings. The van der Waals surface area contributed by atoms with E-state index in [1.165, 1.54) is 0 Å². The van der Waals surface area contributed by atoms with Crippen LogP contribution in [-0.2, 0) is 0 Å². The Labute approximate surface area is 79.4 Å². The number of nitrogens with zero attached hydrogens (tertiary/aromatic N) is 4. The largest absolute Gasteiger partial charge is 0.272 e. The monoisotopic (exact) mass is 180 g/mol. The van der Waals surface area contributed by atoms with Crippen molar-refractivity contribution in [3.8, 4) is 6.19 Å². The standard InChI is InChI=1S/C9H16N4/c1-4-5-13-9(8(2)3)12(6-10)7-11-13/h7-9H,4-5H2,1-3H3. The van der Waals surface area contributed by atoms with Crippen LogP contribution in [-0.4, -0.2) is 29.0 Å². The summed E-state index contributed by atoms with van der Waals surface area (Å²) < 4.78 is 0.